The summed E-state index contributed by atoms with van der Waals surface area (Å²) in [6.45, 7) is 0.488. The highest BCUT2D eigenvalue weighted by molar-refractivity contribution is 7.89. The van der Waals surface area contributed by atoms with Crippen molar-refractivity contribution in [3.05, 3.63) is 54.4 Å². The third kappa shape index (κ3) is 4.20. The van der Waals surface area contributed by atoms with Crippen LogP contribution in [0, 0.1) is 5.92 Å². The molecular weight excluding hydrogens is 382 g/mol. The number of piperidine rings is 1. The number of hydrogen-bond acceptors (Lipinski definition) is 6. The molecule has 3 rings (SSSR count). The monoisotopic (exact) mass is 403 g/mol. The number of sulfonamides is 1. The summed E-state index contributed by atoms with van der Waals surface area (Å²) in [7, 11) is -2.34. The Morgan fingerprint density at radius 2 is 1.86 bits per heavy atom. The summed E-state index contributed by atoms with van der Waals surface area (Å²) in [5.74, 6) is -1.12. The molecule has 0 radical (unpaired) electrons. The van der Waals surface area contributed by atoms with E-state index in [-0.39, 0.29) is 35.4 Å². The van der Waals surface area contributed by atoms with Crippen molar-refractivity contribution in [2.45, 2.75) is 17.7 Å². The number of carbonyl (C=O) groups is 2. The van der Waals surface area contributed by atoms with Crippen molar-refractivity contribution in [2.75, 3.05) is 25.5 Å². The summed E-state index contributed by atoms with van der Waals surface area (Å²) in [6, 6.07) is 9.68. The minimum absolute atomic E-state index is 0.143. The van der Waals surface area contributed by atoms with Crippen LogP contribution in [-0.4, -0.2) is 49.8 Å². The predicted molar refractivity (Wildman–Crippen MR) is 102 cm³/mol. The highest BCUT2D eigenvalue weighted by Crippen LogP contribution is 2.25. The molecule has 1 aliphatic rings. The second kappa shape index (κ2) is 8.49. The summed E-state index contributed by atoms with van der Waals surface area (Å²) in [5, 5.41) is 2.76. The highest BCUT2D eigenvalue weighted by Gasteiger charge is 2.32. The van der Waals surface area contributed by atoms with Crippen LogP contribution in [0.5, 0.6) is 0 Å². The number of carbonyl (C=O) groups excluding carboxylic acids is 2. The molecule has 148 valence electrons. The van der Waals surface area contributed by atoms with E-state index < -0.39 is 16.0 Å². The van der Waals surface area contributed by atoms with E-state index >= 15 is 0 Å². The lowest BCUT2D eigenvalue weighted by Gasteiger charge is -2.30. The van der Waals surface area contributed by atoms with Crippen molar-refractivity contribution in [3.63, 3.8) is 0 Å². The summed E-state index contributed by atoms with van der Waals surface area (Å²) >= 11 is 0. The van der Waals surface area contributed by atoms with Gasteiger partial charge in [-0.3, -0.25) is 9.78 Å². The lowest BCUT2D eigenvalue weighted by atomic mass is 9.97. The number of anilines is 1. The fourth-order valence-electron chi connectivity index (χ4n) is 3.12. The van der Waals surface area contributed by atoms with Crippen LogP contribution in [0.4, 0.5) is 5.69 Å². The summed E-state index contributed by atoms with van der Waals surface area (Å²) in [6.07, 6.45) is 3.62. The lowest BCUT2D eigenvalue weighted by Crippen LogP contribution is -2.41. The molecule has 9 heteroatoms. The molecule has 0 aliphatic carbocycles. The second-order valence-corrected chi connectivity index (χ2v) is 8.33. The van der Waals surface area contributed by atoms with Gasteiger partial charge in [0.25, 0.3) is 0 Å². The number of methoxy groups -OCH3 is 1. The molecular formula is C19H21N3O5S. The van der Waals surface area contributed by atoms with Gasteiger partial charge in [0.2, 0.25) is 15.9 Å². The molecule has 1 fully saturated rings. The number of pyridine rings is 1. The number of nitrogens with zero attached hydrogens (tertiary/aromatic N) is 2. The smallest absolute Gasteiger partial charge is 0.339 e. The first-order valence-corrected chi connectivity index (χ1v) is 10.3. The first-order valence-electron chi connectivity index (χ1n) is 8.82. The molecule has 0 saturated carbocycles. The van der Waals surface area contributed by atoms with Crippen molar-refractivity contribution in [3.8, 4) is 0 Å². The zero-order valence-electron chi connectivity index (χ0n) is 15.4. The highest BCUT2D eigenvalue weighted by atomic mass is 32.2. The third-order valence-corrected chi connectivity index (χ3v) is 6.57. The maximum absolute atomic E-state index is 12.6. The number of hydrogen-bond donors (Lipinski definition) is 1. The van der Waals surface area contributed by atoms with Gasteiger partial charge in [-0.2, -0.15) is 4.31 Å². The molecule has 1 aliphatic heterocycles. The Morgan fingerprint density at radius 3 is 2.50 bits per heavy atom. The Balaban J connectivity index is 1.64. The maximum atomic E-state index is 12.6. The second-order valence-electron chi connectivity index (χ2n) is 6.39. The zero-order valence-corrected chi connectivity index (χ0v) is 16.2. The molecule has 1 amide bonds. The van der Waals surface area contributed by atoms with Crippen molar-refractivity contribution in [1.29, 1.82) is 0 Å². The van der Waals surface area contributed by atoms with Gasteiger partial charge in [0.1, 0.15) is 4.90 Å². The Hall–Kier alpha value is -2.78. The van der Waals surface area contributed by atoms with E-state index in [1.54, 1.807) is 30.3 Å². The third-order valence-electron chi connectivity index (χ3n) is 4.69. The van der Waals surface area contributed by atoms with E-state index in [0.717, 1.165) is 0 Å². The fourth-order valence-corrected chi connectivity index (χ4v) is 4.56. The average molecular weight is 403 g/mol. The van der Waals surface area contributed by atoms with Crippen LogP contribution in [0.3, 0.4) is 0 Å². The Kier molecular flexibility index (Phi) is 6.05. The van der Waals surface area contributed by atoms with Crippen molar-refractivity contribution in [1.82, 2.24) is 9.29 Å². The average Bonchev–Trinajstić information content (AvgIpc) is 2.74. The first-order chi connectivity index (χ1) is 13.4. The van der Waals surface area contributed by atoms with Gasteiger partial charge in [0.05, 0.1) is 18.4 Å². The predicted octanol–water partition coefficient (Wildman–Crippen LogP) is 1.91. The largest absolute Gasteiger partial charge is 0.465 e. The lowest BCUT2D eigenvalue weighted by molar-refractivity contribution is -0.120. The minimum Gasteiger partial charge on any atom is -0.465 e. The van der Waals surface area contributed by atoms with Gasteiger partial charge < -0.3 is 10.1 Å². The van der Waals surface area contributed by atoms with Gasteiger partial charge in [-0.05, 0) is 37.1 Å². The zero-order chi connectivity index (χ0) is 20.1. The topological polar surface area (TPSA) is 106 Å². The van der Waals surface area contributed by atoms with E-state index in [2.05, 4.69) is 10.3 Å². The van der Waals surface area contributed by atoms with Gasteiger partial charge in [0.15, 0.2) is 0 Å². The fraction of sp³-hybridized carbons (Fsp3) is 0.316. The van der Waals surface area contributed by atoms with Crippen molar-refractivity contribution < 1.29 is 22.7 Å². The van der Waals surface area contributed by atoms with Crippen LogP contribution in [-0.2, 0) is 19.6 Å². The van der Waals surface area contributed by atoms with Gasteiger partial charge in [0, 0.05) is 31.4 Å². The van der Waals surface area contributed by atoms with E-state index in [0.29, 0.717) is 18.5 Å². The minimum atomic E-state index is -3.61. The van der Waals surface area contributed by atoms with Gasteiger partial charge >= 0.3 is 5.97 Å². The van der Waals surface area contributed by atoms with E-state index in [1.807, 2.05) is 0 Å². The van der Waals surface area contributed by atoms with Gasteiger partial charge in [-0.25, -0.2) is 13.2 Å². The number of amides is 1. The Labute approximate surface area is 163 Å². The Morgan fingerprint density at radius 1 is 1.14 bits per heavy atom. The van der Waals surface area contributed by atoms with Crippen LogP contribution in [0.1, 0.15) is 23.2 Å². The van der Waals surface area contributed by atoms with Crippen molar-refractivity contribution in [2.24, 2.45) is 5.92 Å². The molecule has 2 aromatic rings. The number of para-hydroxylation sites is 1. The molecule has 2 heterocycles. The van der Waals surface area contributed by atoms with Gasteiger partial charge in [-0.15, -0.1) is 0 Å². The maximum Gasteiger partial charge on any atom is 0.339 e. The molecule has 0 unspecified atom stereocenters. The van der Waals surface area contributed by atoms with E-state index in [9.17, 15) is 18.0 Å². The summed E-state index contributed by atoms with van der Waals surface area (Å²) in [5.41, 5.74) is 0.653. The standard InChI is InChI=1S/C19H21N3O5S/c1-27-19(24)16-6-2-3-7-17(16)21-18(23)14-8-11-22(12-9-14)28(25,26)15-5-4-10-20-13-15/h2-7,10,13-14H,8-9,11-12H2,1H3,(H,21,23). The Bertz CT molecular complexity index is 955. The molecule has 1 aromatic heterocycles. The molecule has 0 bridgehead atoms. The van der Waals surface area contributed by atoms with Crippen LogP contribution in [0.2, 0.25) is 0 Å². The van der Waals surface area contributed by atoms with Crippen LogP contribution < -0.4 is 5.32 Å². The first kappa shape index (κ1) is 20.0. The molecule has 28 heavy (non-hydrogen) atoms. The van der Waals surface area contributed by atoms with Crippen LogP contribution >= 0.6 is 0 Å². The summed E-state index contributed by atoms with van der Waals surface area (Å²) < 4.78 is 31.4. The van der Waals surface area contributed by atoms with Gasteiger partial charge in [-0.1, -0.05) is 12.1 Å². The van der Waals surface area contributed by atoms with E-state index in [4.69, 9.17) is 4.74 Å². The molecule has 0 spiro atoms. The van der Waals surface area contributed by atoms with Crippen LogP contribution in [0.15, 0.2) is 53.7 Å². The molecule has 1 saturated heterocycles. The molecule has 0 atom stereocenters. The number of ether oxygens (including phenoxy) is 1. The number of benzene rings is 1. The van der Waals surface area contributed by atoms with Crippen LogP contribution in [0.25, 0.3) is 0 Å². The molecule has 1 aromatic carbocycles. The SMILES string of the molecule is COC(=O)c1ccccc1NC(=O)C1CCN(S(=O)(=O)c2cccnc2)CC1. The number of nitrogens with one attached hydrogen (secondary N) is 1. The normalized spacial score (nSPS) is 15.8. The number of rotatable bonds is 5. The summed E-state index contributed by atoms with van der Waals surface area (Å²) in [4.78, 5) is 28.4. The molecule has 1 N–H and O–H groups in total. The number of esters is 1. The molecule has 8 nitrogen and oxygen atoms in total. The number of aromatic nitrogens is 1. The quantitative estimate of drug-likeness (QED) is 0.765. The van der Waals surface area contributed by atoms with Crippen molar-refractivity contribution >= 4 is 27.6 Å². The van der Waals surface area contributed by atoms with E-state index in [1.165, 1.54) is 29.9 Å².